The molecular weight excluding hydrogens is 961 g/mol. The third-order valence-electron chi connectivity index (χ3n) is 13.0. The lowest BCUT2D eigenvalue weighted by Gasteiger charge is -2.08. The van der Waals surface area contributed by atoms with Crippen molar-refractivity contribution in [2.45, 2.75) is 0 Å². The number of furan rings is 2. The third-order valence-corrected chi connectivity index (χ3v) is 13.0. The lowest BCUT2D eigenvalue weighted by Crippen LogP contribution is -2.24. The summed E-state index contributed by atoms with van der Waals surface area (Å²) in [5, 5.41) is -0.941. The second-order valence-electron chi connectivity index (χ2n) is 17.1. The topological polar surface area (TPSA) is 269 Å². The zero-order chi connectivity index (χ0) is 51.2. The molecule has 7 aromatic carbocycles. The molecule has 13 aromatic rings. The largest absolute Gasteiger partial charge is 0.457 e. The standard InChI is InChI=1S/C54H22N4O16/c59-43-31-17-33-34(46(62)56(45(33)61)24-3-11-28(12-4-24)72-30-15-7-26(8-16-30)58-49(65)37-21-41-42(22-38(37)50(58)66)54(70)74-53(41)69)18-32(31)44(60)55(43)23-1-9-27(10-2-23)71-29-13-5-25(6-14-29)57-47(63)35-19-39-40(20-36(35)48(57)64)52(68)73-51(39)67/h1-22H. The van der Waals surface area contributed by atoms with E-state index in [1.807, 2.05) is 0 Å². The van der Waals surface area contributed by atoms with Gasteiger partial charge in [-0.25, -0.2) is 37.4 Å². The summed E-state index contributed by atoms with van der Waals surface area (Å²) in [5.41, 5.74) is -8.60. The first kappa shape index (κ1) is 43.0. The highest BCUT2D eigenvalue weighted by atomic mass is 16.5. The number of rotatable bonds is 8. The Morgan fingerprint density at radius 1 is 0.230 bits per heavy atom. The Balaban J connectivity index is 0.726. The van der Waals surface area contributed by atoms with E-state index in [-0.39, 0.29) is 87.4 Å². The van der Waals surface area contributed by atoms with E-state index < -0.39 is 67.0 Å². The van der Waals surface area contributed by atoms with Crippen molar-refractivity contribution in [3.05, 3.63) is 258 Å². The van der Waals surface area contributed by atoms with Gasteiger partial charge in [-0.1, -0.05) is 0 Å². The molecule has 354 valence electrons. The Labute approximate surface area is 403 Å². The monoisotopic (exact) mass is 982 g/mol. The molecule has 0 saturated heterocycles. The first-order valence-corrected chi connectivity index (χ1v) is 22.0. The van der Waals surface area contributed by atoms with Gasteiger partial charge in [-0.05, 0) is 133 Å². The van der Waals surface area contributed by atoms with Crippen LogP contribution in [-0.2, 0) is 0 Å². The van der Waals surface area contributed by atoms with Gasteiger partial charge in [0.1, 0.15) is 23.0 Å². The van der Waals surface area contributed by atoms with Gasteiger partial charge in [-0.2, -0.15) is 0 Å². The summed E-state index contributed by atoms with van der Waals surface area (Å²) >= 11 is 0. The van der Waals surface area contributed by atoms with Gasteiger partial charge < -0.3 is 18.3 Å². The first-order valence-electron chi connectivity index (χ1n) is 22.0. The molecule has 13 rings (SSSR count). The lowest BCUT2D eigenvalue weighted by molar-refractivity contribution is 0.482. The van der Waals surface area contributed by atoms with E-state index in [0.717, 1.165) is 18.3 Å². The number of hydrogen-bond acceptors (Lipinski definition) is 16. The van der Waals surface area contributed by atoms with Crippen molar-refractivity contribution in [1.82, 2.24) is 18.3 Å². The molecule has 6 heterocycles. The predicted octanol–water partition coefficient (Wildman–Crippen LogP) is 3.49. The fourth-order valence-corrected chi connectivity index (χ4v) is 9.47. The van der Waals surface area contributed by atoms with Gasteiger partial charge in [0.25, 0.3) is 44.5 Å². The molecule has 0 aliphatic carbocycles. The van der Waals surface area contributed by atoms with Crippen LogP contribution in [0.1, 0.15) is 0 Å². The summed E-state index contributed by atoms with van der Waals surface area (Å²) in [7, 11) is 0. The summed E-state index contributed by atoms with van der Waals surface area (Å²) < 4.78 is 24.7. The van der Waals surface area contributed by atoms with E-state index in [2.05, 4.69) is 8.83 Å². The molecule has 0 atom stereocenters. The van der Waals surface area contributed by atoms with Crippen LogP contribution in [-0.4, -0.2) is 18.3 Å². The van der Waals surface area contributed by atoms with Crippen LogP contribution in [0.4, 0.5) is 0 Å². The minimum absolute atomic E-state index is 0.0503. The van der Waals surface area contributed by atoms with Gasteiger partial charge in [-0.3, -0.25) is 38.4 Å². The van der Waals surface area contributed by atoms with Crippen molar-refractivity contribution in [2.75, 3.05) is 0 Å². The molecule has 0 N–H and O–H groups in total. The molecule has 20 heteroatoms. The van der Waals surface area contributed by atoms with Crippen molar-refractivity contribution >= 4 is 64.6 Å². The lowest BCUT2D eigenvalue weighted by atomic mass is 10.1. The third kappa shape index (κ3) is 6.14. The van der Waals surface area contributed by atoms with Crippen LogP contribution in [0.15, 0.2) is 200 Å². The number of benzene rings is 7. The molecule has 0 saturated carbocycles. The van der Waals surface area contributed by atoms with Gasteiger partial charge in [-0.15, -0.1) is 0 Å². The van der Waals surface area contributed by atoms with Crippen LogP contribution < -0.4 is 76.5 Å². The average Bonchev–Trinajstić information content (AvgIpc) is 4.15. The van der Waals surface area contributed by atoms with Gasteiger partial charge in [0, 0.05) is 0 Å². The highest BCUT2D eigenvalue weighted by molar-refractivity contribution is 6.00. The van der Waals surface area contributed by atoms with E-state index in [4.69, 9.17) is 9.47 Å². The minimum atomic E-state index is -0.907. The maximum Gasteiger partial charge on any atom is 0.346 e. The second kappa shape index (κ2) is 15.2. The average molecular weight is 983 g/mol. The van der Waals surface area contributed by atoms with E-state index in [0.29, 0.717) is 23.0 Å². The summed E-state index contributed by atoms with van der Waals surface area (Å²) in [4.78, 5) is 156. The van der Waals surface area contributed by atoms with Crippen LogP contribution in [0.5, 0.6) is 23.0 Å². The Hall–Kier alpha value is -11.0. The molecule has 0 aliphatic heterocycles. The van der Waals surface area contributed by atoms with Gasteiger partial charge in [0.05, 0.1) is 87.4 Å². The van der Waals surface area contributed by atoms with E-state index >= 15 is 0 Å². The SMILES string of the molecule is O=c1oc(=O)c2cc3c(=O)n(-c4ccc(Oc5ccc(-n6c(=O)c7cc8c(=O)n(-c9ccc(Oc%10ccc(-n%11c(=O)c%12cc%13c(=O)oc(=O)c%13cc%12c%11=O)cc%10)cc9)c(=O)c8cc7c6=O)cc5)cc4)c(=O)c3cc12. The van der Waals surface area contributed by atoms with Crippen LogP contribution in [0, 0.1) is 0 Å². The minimum Gasteiger partial charge on any atom is -0.457 e. The van der Waals surface area contributed by atoms with Crippen LogP contribution >= 0.6 is 0 Å². The number of fused-ring (bicyclic) bond motifs is 6. The maximum atomic E-state index is 13.8. The summed E-state index contributed by atoms with van der Waals surface area (Å²) in [6.07, 6.45) is 0. The smallest absolute Gasteiger partial charge is 0.346 e. The van der Waals surface area contributed by atoms with E-state index in [1.165, 1.54) is 133 Å². The molecule has 74 heavy (non-hydrogen) atoms. The molecule has 0 spiro atoms. The fourth-order valence-electron chi connectivity index (χ4n) is 9.47. The number of nitrogens with zero attached hydrogens (tertiary/aromatic N) is 4. The van der Waals surface area contributed by atoms with Crippen LogP contribution in [0.25, 0.3) is 87.4 Å². The van der Waals surface area contributed by atoms with E-state index in [1.54, 1.807) is 0 Å². The molecule has 0 fully saturated rings. The maximum absolute atomic E-state index is 13.8. The zero-order valence-corrected chi connectivity index (χ0v) is 37.0. The summed E-state index contributed by atoms with van der Waals surface area (Å²) in [6, 6.07) is 30.9. The number of ether oxygens (including phenoxy) is 2. The van der Waals surface area contributed by atoms with Crippen molar-refractivity contribution in [2.24, 2.45) is 0 Å². The van der Waals surface area contributed by atoms with E-state index in [9.17, 15) is 57.5 Å². The second-order valence-corrected chi connectivity index (χ2v) is 17.1. The zero-order valence-electron chi connectivity index (χ0n) is 37.0. The molecular formula is C54H22N4O16. The van der Waals surface area contributed by atoms with Crippen LogP contribution in [0.3, 0.4) is 0 Å². The number of aromatic nitrogens is 4. The van der Waals surface area contributed by atoms with Gasteiger partial charge in [0.15, 0.2) is 0 Å². The predicted molar refractivity (Wildman–Crippen MR) is 269 cm³/mol. The van der Waals surface area contributed by atoms with Crippen molar-refractivity contribution in [1.29, 1.82) is 0 Å². The Bertz CT molecular complexity index is 4760. The summed E-state index contributed by atoms with van der Waals surface area (Å²) in [6.45, 7) is 0. The van der Waals surface area contributed by atoms with Gasteiger partial charge >= 0.3 is 22.5 Å². The molecule has 0 aliphatic rings. The highest BCUT2D eigenvalue weighted by Gasteiger charge is 2.24. The molecule has 0 amide bonds. The number of hydrogen-bond donors (Lipinski definition) is 0. The normalized spacial score (nSPS) is 11.9. The molecule has 6 aromatic heterocycles. The Kier molecular flexibility index (Phi) is 8.86. The van der Waals surface area contributed by atoms with Crippen molar-refractivity contribution in [3.63, 3.8) is 0 Å². The fraction of sp³-hybridized carbons (Fsp3) is 0. The van der Waals surface area contributed by atoms with Gasteiger partial charge in [0.2, 0.25) is 0 Å². The Morgan fingerprint density at radius 3 is 0.568 bits per heavy atom. The van der Waals surface area contributed by atoms with Crippen molar-refractivity contribution in [3.8, 4) is 45.7 Å². The first-order chi connectivity index (χ1) is 35.6. The van der Waals surface area contributed by atoms with Crippen molar-refractivity contribution < 1.29 is 18.3 Å². The quantitative estimate of drug-likeness (QED) is 0.211. The Morgan fingerprint density at radius 2 is 0.392 bits per heavy atom. The highest BCUT2D eigenvalue weighted by Crippen LogP contribution is 2.27. The van der Waals surface area contributed by atoms with Crippen LogP contribution in [0.2, 0.25) is 0 Å². The molecule has 0 bridgehead atoms. The summed E-state index contributed by atoms with van der Waals surface area (Å²) in [5.74, 6) is 1.17. The molecule has 0 unspecified atom stereocenters. The molecule has 0 radical (unpaired) electrons. The molecule has 20 nitrogen and oxygen atoms in total.